The normalized spacial score (nSPS) is 15.3. The van der Waals surface area contributed by atoms with Gasteiger partial charge in [0, 0.05) is 0 Å². The van der Waals surface area contributed by atoms with E-state index in [4.69, 9.17) is 11.6 Å². The maximum absolute atomic E-state index is 11.4. The van der Waals surface area contributed by atoms with Crippen LogP contribution in [0, 0.1) is 5.41 Å². The number of ether oxygens (including phenoxy) is 2. The van der Waals surface area contributed by atoms with Crippen molar-refractivity contribution in [1.82, 2.24) is 0 Å². The predicted molar refractivity (Wildman–Crippen MR) is 56.7 cm³/mol. The molecular weight excluding hydrogens is 220 g/mol. The highest BCUT2D eigenvalue weighted by molar-refractivity contribution is 6.33. The van der Waals surface area contributed by atoms with Gasteiger partial charge >= 0.3 is 11.9 Å². The van der Waals surface area contributed by atoms with Gasteiger partial charge in [-0.15, -0.1) is 11.6 Å². The maximum atomic E-state index is 11.4. The van der Waals surface area contributed by atoms with Gasteiger partial charge in [0.05, 0.1) is 19.6 Å². The Balaban J connectivity index is 4.71. The summed E-state index contributed by atoms with van der Waals surface area (Å²) in [6, 6.07) is 0. The lowest BCUT2D eigenvalue weighted by molar-refractivity contribution is -0.153. The molecular formula is C10H17ClO4. The zero-order valence-electron chi connectivity index (χ0n) is 9.72. The van der Waals surface area contributed by atoms with Crippen LogP contribution in [-0.2, 0) is 19.1 Å². The second-order valence-electron chi connectivity index (χ2n) is 4.24. The molecule has 5 heteroatoms. The summed E-state index contributed by atoms with van der Waals surface area (Å²) in [6.07, 6.45) is 0.154. The molecule has 0 amide bonds. The summed E-state index contributed by atoms with van der Waals surface area (Å²) in [7, 11) is 2.56. The largest absolute Gasteiger partial charge is 0.469 e. The summed E-state index contributed by atoms with van der Waals surface area (Å²) in [5, 5.41) is 0. The number of carbonyl (C=O) groups is 2. The van der Waals surface area contributed by atoms with Crippen molar-refractivity contribution >= 4 is 23.5 Å². The van der Waals surface area contributed by atoms with Gasteiger partial charge in [0.1, 0.15) is 4.87 Å². The number of halogens is 1. The number of hydrogen-bond donors (Lipinski definition) is 0. The average Bonchev–Trinajstić information content (AvgIpc) is 2.13. The number of methoxy groups -OCH3 is 2. The van der Waals surface area contributed by atoms with Crippen LogP contribution in [-0.4, -0.2) is 31.0 Å². The van der Waals surface area contributed by atoms with E-state index in [1.54, 1.807) is 13.8 Å². The SMILES string of the molecule is COC(=O)C(C)(C)CC(C)(Cl)C(=O)OC. The maximum Gasteiger partial charge on any atom is 0.326 e. The molecule has 0 aliphatic rings. The number of alkyl halides is 1. The van der Waals surface area contributed by atoms with E-state index in [2.05, 4.69) is 9.47 Å². The van der Waals surface area contributed by atoms with E-state index in [1.165, 1.54) is 21.1 Å². The molecule has 15 heavy (non-hydrogen) atoms. The third-order valence-electron chi connectivity index (χ3n) is 2.12. The van der Waals surface area contributed by atoms with Crippen LogP contribution < -0.4 is 0 Å². The second kappa shape index (κ2) is 4.84. The second-order valence-corrected chi connectivity index (χ2v) is 5.08. The molecule has 4 nitrogen and oxygen atoms in total. The van der Waals surface area contributed by atoms with E-state index >= 15 is 0 Å². The Morgan fingerprint density at radius 3 is 1.80 bits per heavy atom. The van der Waals surface area contributed by atoms with Gasteiger partial charge in [0.15, 0.2) is 0 Å². The molecule has 0 aliphatic carbocycles. The first kappa shape index (κ1) is 14.2. The topological polar surface area (TPSA) is 52.6 Å². The molecule has 0 spiro atoms. The van der Waals surface area contributed by atoms with E-state index in [0.717, 1.165) is 0 Å². The van der Waals surface area contributed by atoms with Crippen LogP contribution in [0.4, 0.5) is 0 Å². The van der Waals surface area contributed by atoms with Gasteiger partial charge in [-0.2, -0.15) is 0 Å². The standard InChI is InChI=1S/C10H17ClO4/c1-9(2,7(12)14-4)6-10(3,11)8(13)15-5/h6H2,1-5H3. The highest BCUT2D eigenvalue weighted by Gasteiger charge is 2.42. The van der Waals surface area contributed by atoms with Gasteiger partial charge in [-0.25, -0.2) is 0 Å². The van der Waals surface area contributed by atoms with Crippen LogP contribution in [0.1, 0.15) is 27.2 Å². The van der Waals surface area contributed by atoms with E-state index in [0.29, 0.717) is 0 Å². The van der Waals surface area contributed by atoms with Crippen molar-refractivity contribution < 1.29 is 19.1 Å². The van der Waals surface area contributed by atoms with Crippen molar-refractivity contribution in [3.05, 3.63) is 0 Å². The van der Waals surface area contributed by atoms with Gasteiger partial charge in [-0.05, 0) is 27.2 Å². The molecule has 1 atom stereocenters. The molecule has 1 unspecified atom stereocenters. The van der Waals surface area contributed by atoms with Crippen molar-refractivity contribution in [2.45, 2.75) is 32.1 Å². The van der Waals surface area contributed by atoms with E-state index in [-0.39, 0.29) is 6.42 Å². The third-order valence-corrected chi connectivity index (χ3v) is 2.41. The molecule has 0 bridgehead atoms. The Hall–Kier alpha value is -0.770. The lowest BCUT2D eigenvalue weighted by Gasteiger charge is -2.28. The highest BCUT2D eigenvalue weighted by atomic mass is 35.5. The predicted octanol–water partition coefficient (Wildman–Crippen LogP) is 1.75. The minimum atomic E-state index is -1.22. The zero-order valence-corrected chi connectivity index (χ0v) is 10.5. The average molecular weight is 237 g/mol. The molecule has 0 heterocycles. The fourth-order valence-electron chi connectivity index (χ4n) is 1.46. The van der Waals surface area contributed by atoms with Crippen LogP contribution in [0.3, 0.4) is 0 Å². The molecule has 0 saturated carbocycles. The monoisotopic (exact) mass is 236 g/mol. The molecule has 0 aromatic rings. The minimum Gasteiger partial charge on any atom is -0.469 e. The summed E-state index contributed by atoms with van der Waals surface area (Å²) < 4.78 is 9.18. The summed E-state index contributed by atoms with van der Waals surface area (Å²) in [5.74, 6) is -0.959. The van der Waals surface area contributed by atoms with Crippen molar-refractivity contribution in [1.29, 1.82) is 0 Å². The summed E-state index contributed by atoms with van der Waals surface area (Å²) >= 11 is 5.99. The van der Waals surface area contributed by atoms with Gasteiger partial charge < -0.3 is 9.47 Å². The van der Waals surface area contributed by atoms with Crippen molar-refractivity contribution in [3.63, 3.8) is 0 Å². The van der Waals surface area contributed by atoms with Gasteiger partial charge in [-0.3, -0.25) is 9.59 Å². The summed E-state index contributed by atoms with van der Waals surface area (Å²) in [6.45, 7) is 4.86. The Labute approximate surface area is 94.9 Å². The van der Waals surface area contributed by atoms with E-state index in [1.807, 2.05) is 0 Å². The van der Waals surface area contributed by atoms with Crippen LogP contribution in [0.25, 0.3) is 0 Å². The number of carbonyl (C=O) groups excluding carboxylic acids is 2. The molecule has 0 radical (unpaired) electrons. The van der Waals surface area contributed by atoms with Gasteiger partial charge in [0.2, 0.25) is 0 Å². The lowest BCUT2D eigenvalue weighted by Crippen LogP contribution is -2.39. The lowest BCUT2D eigenvalue weighted by atomic mass is 9.83. The molecule has 0 fully saturated rings. The first-order valence-corrected chi connectivity index (χ1v) is 4.91. The quantitative estimate of drug-likeness (QED) is 0.551. The summed E-state index contributed by atoms with van der Waals surface area (Å²) in [5.41, 5.74) is -0.820. The number of rotatable bonds is 4. The molecule has 0 rings (SSSR count). The summed E-state index contributed by atoms with van der Waals surface area (Å²) in [4.78, 5) is 21.5. The van der Waals surface area contributed by atoms with Crippen LogP contribution in [0.15, 0.2) is 0 Å². The fraction of sp³-hybridized carbons (Fsp3) is 0.800. The molecule has 0 N–H and O–H groups in total. The first-order chi connectivity index (χ1) is 6.67. The number of esters is 2. The van der Waals surface area contributed by atoms with Crippen LogP contribution in [0.2, 0.25) is 0 Å². The first-order valence-electron chi connectivity index (χ1n) is 4.53. The molecule has 0 aliphatic heterocycles. The Kier molecular flexibility index (Phi) is 4.59. The van der Waals surface area contributed by atoms with Gasteiger partial charge in [0.25, 0.3) is 0 Å². The zero-order chi connectivity index (χ0) is 12.3. The Morgan fingerprint density at radius 1 is 1.07 bits per heavy atom. The van der Waals surface area contributed by atoms with E-state index in [9.17, 15) is 9.59 Å². The molecule has 0 aromatic heterocycles. The Bertz CT molecular complexity index is 232. The van der Waals surface area contributed by atoms with Crippen molar-refractivity contribution in [3.8, 4) is 0 Å². The molecule has 88 valence electrons. The van der Waals surface area contributed by atoms with Gasteiger partial charge in [-0.1, -0.05) is 0 Å². The smallest absolute Gasteiger partial charge is 0.326 e. The van der Waals surface area contributed by atoms with Crippen LogP contribution in [0.5, 0.6) is 0 Å². The Morgan fingerprint density at radius 2 is 1.47 bits per heavy atom. The third kappa shape index (κ3) is 3.70. The van der Waals surface area contributed by atoms with Crippen molar-refractivity contribution in [2.75, 3.05) is 14.2 Å². The fourth-order valence-corrected chi connectivity index (χ4v) is 1.87. The minimum absolute atomic E-state index is 0.154. The van der Waals surface area contributed by atoms with Crippen molar-refractivity contribution in [2.24, 2.45) is 5.41 Å². The number of hydrogen-bond acceptors (Lipinski definition) is 4. The molecule has 0 aromatic carbocycles. The molecule has 0 saturated heterocycles. The van der Waals surface area contributed by atoms with Crippen LogP contribution >= 0.6 is 11.6 Å². The highest BCUT2D eigenvalue weighted by Crippen LogP contribution is 2.34. The van der Waals surface area contributed by atoms with E-state index < -0.39 is 22.2 Å².